The van der Waals surface area contributed by atoms with E-state index in [0.29, 0.717) is 87.2 Å². The molecule has 0 heterocycles. The standard InChI is InChI=1S/2C14H23NO.2C13H21NO.2C12H19NO.C10H15NO.2C9H13NO.2C8H11NO/c1-11(2)9-15(10-12(3)4)13-6-5-7-14(16)8-13;1-3-5-10-15(11-6-4-2)13-8-7-9-14(16)12-13;1-4-14(9-8-11(2)3)12-6-5-7-13(15)10-12;1-3-5-6-10-14(4-2)12-8-7-9-13(15)11-12;1-9(2)13(10(3)4)11-6-5-7-12(14)8-11;1-3-8-13(9-4-2)11-6-5-7-12(14)10-11;1-3-11(4-2)9-6-5-7-10(12)8-9;2*1-3-10(2)8-5-4-6-9(11)7-8;2*1-9(2)7-4-3-5-8(10)6-7/h5-8,11-12,16H,9-10H2,1-4H3;7-9,12,16H,3-6,10-11H2,1-2H3;5-7,10-11,15H,4,8-9H2,1-3H3;7-9,11,15H,3-6,10H2,1-2H3;5-10,14H,1-4H3;5-7,10,14H,3-4,8-9H2,1-2H3;5-8,12H,3-4H2,1-2H3;2*4-7,11H,3H2,1-2H3;2*3-6,10H,1-2H3. The van der Waals surface area contributed by atoms with Crippen molar-refractivity contribution in [3.63, 3.8) is 0 Å². The highest BCUT2D eigenvalue weighted by atomic mass is 16.3. The summed E-state index contributed by atoms with van der Waals surface area (Å²) in [5.41, 5.74) is 11.9. The number of hydrogen-bond donors (Lipinski definition) is 11. The lowest BCUT2D eigenvalue weighted by atomic mass is 10.1. The molecular formula is C122H189N11O11. The molecule has 0 aliphatic heterocycles. The Kier molecular flexibility index (Phi) is 67.9. The number of nitrogens with zero attached hydrogens (tertiary/aromatic N) is 11. The maximum atomic E-state index is 9.50. The summed E-state index contributed by atoms with van der Waals surface area (Å²) in [7, 11) is 11.7. The average molecular weight is 1990 g/mol. The third-order valence-electron chi connectivity index (χ3n) is 22.8. The van der Waals surface area contributed by atoms with Gasteiger partial charge in [0.05, 0.1) is 0 Å². The SMILES string of the molecule is CC(C)CN(CC(C)C)c1cccc(O)c1.CC(C)N(c1cccc(O)c1)C(C)C.CCCCCN(CC)c1cccc(O)c1.CCCCN(CCCC)c1cccc(O)c1.CCCN(CCC)c1cccc(O)c1.CCN(C)c1cccc(O)c1.CCN(C)c1cccc(O)c1.CCN(CC)c1cccc(O)c1.CCN(CCC(C)C)c1cccc(O)c1.CN(C)c1cccc(O)c1.CN(C)c1cccc(O)c1. The number of benzene rings is 11. The van der Waals surface area contributed by atoms with Crippen molar-refractivity contribution < 1.29 is 56.2 Å². The number of aromatic hydroxyl groups is 11. The largest absolute Gasteiger partial charge is 0.508 e. The minimum Gasteiger partial charge on any atom is -0.508 e. The third-order valence-corrected chi connectivity index (χ3v) is 22.8. The Bertz CT molecular complexity index is 4940. The molecule has 0 radical (unpaired) electrons. The summed E-state index contributed by atoms with van der Waals surface area (Å²) in [6, 6.07) is 81.9. The van der Waals surface area contributed by atoms with Crippen molar-refractivity contribution in [3.8, 4) is 63.2 Å². The van der Waals surface area contributed by atoms with Crippen molar-refractivity contribution in [3.05, 3.63) is 267 Å². The van der Waals surface area contributed by atoms with E-state index >= 15 is 0 Å². The van der Waals surface area contributed by atoms with Crippen molar-refractivity contribution >= 4 is 62.6 Å². The first-order valence-corrected chi connectivity index (χ1v) is 52.4. The highest BCUT2D eigenvalue weighted by molar-refractivity contribution is 5.58. The minimum absolute atomic E-state index is 0.311. The molecule has 11 rings (SSSR count). The molecular weight excluding hydrogens is 1800 g/mol. The highest BCUT2D eigenvalue weighted by Gasteiger charge is 2.17. The predicted molar refractivity (Wildman–Crippen MR) is 623 cm³/mol. The molecule has 0 bridgehead atoms. The first-order chi connectivity index (χ1) is 68.6. The molecule has 0 atom stereocenters. The van der Waals surface area contributed by atoms with Gasteiger partial charge in [0.15, 0.2) is 0 Å². The second kappa shape index (κ2) is 75.8. The summed E-state index contributed by atoms with van der Waals surface area (Å²) in [6.07, 6.45) is 12.0. The normalized spacial score (nSPS) is 10.2. The summed E-state index contributed by atoms with van der Waals surface area (Å²) in [5, 5.41) is 102. The number of rotatable bonds is 40. The summed E-state index contributed by atoms with van der Waals surface area (Å²) in [4.78, 5) is 24.1. The van der Waals surface area contributed by atoms with Gasteiger partial charge in [-0.25, -0.2) is 0 Å². The molecule has 11 N–H and O–H groups in total. The number of unbranched alkanes of at least 4 members (excludes halogenated alkanes) is 4. The molecule has 11 aromatic rings. The van der Waals surface area contributed by atoms with E-state index in [1.807, 2.05) is 198 Å². The van der Waals surface area contributed by atoms with Crippen LogP contribution in [0.4, 0.5) is 62.6 Å². The quantitative estimate of drug-likeness (QED) is 0.0160. The number of phenolic OH excluding ortho intramolecular Hbond substituents is 11. The van der Waals surface area contributed by atoms with Crippen LogP contribution in [0.3, 0.4) is 0 Å². The Balaban J connectivity index is 0.000000795. The van der Waals surface area contributed by atoms with Crippen LogP contribution in [0.25, 0.3) is 0 Å². The molecule has 0 aliphatic rings. The van der Waals surface area contributed by atoms with Crippen LogP contribution in [0.1, 0.15) is 210 Å². The van der Waals surface area contributed by atoms with Crippen LogP contribution < -0.4 is 53.9 Å². The third kappa shape index (κ3) is 56.8. The fourth-order valence-corrected chi connectivity index (χ4v) is 15.0. The Morgan fingerprint density at radius 1 is 0.194 bits per heavy atom. The van der Waals surface area contributed by atoms with Crippen LogP contribution in [0.5, 0.6) is 63.2 Å². The van der Waals surface area contributed by atoms with Gasteiger partial charge in [-0.1, -0.05) is 169 Å². The Labute approximate surface area is 871 Å². The predicted octanol–water partition coefficient (Wildman–Crippen LogP) is 28.9. The van der Waals surface area contributed by atoms with Crippen LogP contribution in [0, 0.1) is 17.8 Å². The summed E-state index contributed by atoms with van der Waals surface area (Å²) in [5.74, 6) is 5.64. The number of anilines is 11. The zero-order valence-electron chi connectivity index (χ0n) is 93.1. The first kappa shape index (κ1) is 129. The molecule has 22 heteroatoms. The van der Waals surface area contributed by atoms with E-state index in [4.69, 9.17) is 20.4 Å². The fraction of sp³-hybridized carbons (Fsp3) is 0.459. The topological polar surface area (TPSA) is 258 Å². The van der Waals surface area contributed by atoms with Gasteiger partial charge in [0.25, 0.3) is 0 Å². The molecule has 22 nitrogen and oxygen atoms in total. The molecule has 0 aromatic heterocycles. The van der Waals surface area contributed by atoms with Crippen LogP contribution in [0.2, 0.25) is 0 Å². The van der Waals surface area contributed by atoms with E-state index < -0.39 is 0 Å². The molecule has 0 amide bonds. The molecule has 0 unspecified atom stereocenters. The molecule has 0 fully saturated rings. The van der Waals surface area contributed by atoms with Crippen LogP contribution in [0.15, 0.2) is 267 Å². The molecule has 0 saturated heterocycles. The van der Waals surface area contributed by atoms with Crippen LogP contribution in [-0.4, -0.2) is 202 Å². The molecule has 144 heavy (non-hydrogen) atoms. The molecule has 0 saturated carbocycles. The number of phenols is 11. The van der Waals surface area contributed by atoms with E-state index in [-0.39, 0.29) is 0 Å². The minimum atomic E-state index is 0.311. The van der Waals surface area contributed by atoms with Crippen molar-refractivity contribution in [1.82, 2.24) is 0 Å². The lowest BCUT2D eigenvalue weighted by Gasteiger charge is -2.33. The maximum Gasteiger partial charge on any atom is 0.117 e. The summed E-state index contributed by atoms with van der Waals surface area (Å²) >= 11 is 0. The van der Waals surface area contributed by atoms with Gasteiger partial charge in [0.2, 0.25) is 0 Å². The molecule has 798 valence electrons. The highest BCUT2D eigenvalue weighted by Crippen LogP contribution is 2.31. The maximum absolute atomic E-state index is 9.50. The van der Waals surface area contributed by atoms with Crippen LogP contribution in [-0.2, 0) is 0 Å². The fourth-order valence-electron chi connectivity index (χ4n) is 15.0. The van der Waals surface area contributed by atoms with Crippen molar-refractivity contribution in [2.24, 2.45) is 17.8 Å². The van der Waals surface area contributed by atoms with Gasteiger partial charge >= 0.3 is 0 Å². The first-order valence-electron chi connectivity index (χ1n) is 52.4. The van der Waals surface area contributed by atoms with Gasteiger partial charge < -0.3 is 110 Å². The molecule has 0 spiro atoms. The number of hydrogen-bond acceptors (Lipinski definition) is 22. The smallest absolute Gasteiger partial charge is 0.117 e. The lowest BCUT2D eigenvalue weighted by molar-refractivity contribution is 0.474. The summed E-state index contributed by atoms with van der Waals surface area (Å²) < 4.78 is 0. The van der Waals surface area contributed by atoms with Crippen molar-refractivity contribution in [1.29, 1.82) is 0 Å². The summed E-state index contributed by atoms with van der Waals surface area (Å²) in [6.45, 7) is 59.9. The van der Waals surface area contributed by atoms with Gasteiger partial charge in [-0.15, -0.1) is 0 Å². The van der Waals surface area contributed by atoms with Gasteiger partial charge in [0, 0.05) is 275 Å². The van der Waals surface area contributed by atoms with Crippen molar-refractivity contribution in [2.45, 2.75) is 222 Å². The Morgan fingerprint density at radius 3 is 0.639 bits per heavy atom. The Morgan fingerprint density at radius 2 is 0.410 bits per heavy atom. The van der Waals surface area contributed by atoms with Crippen LogP contribution >= 0.6 is 0 Å². The zero-order valence-corrected chi connectivity index (χ0v) is 93.1. The average Bonchev–Trinajstić information content (AvgIpc) is 0.862. The zero-order chi connectivity index (χ0) is 108. The molecule has 11 aromatic carbocycles. The van der Waals surface area contributed by atoms with E-state index in [0.717, 1.165) is 173 Å². The lowest BCUT2D eigenvalue weighted by Crippen LogP contribution is -2.36. The van der Waals surface area contributed by atoms with Crippen molar-refractivity contribution in [2.75, 3.05) is 188 Å². The Hall–Kier alpha value is -13.0. The second-order valence-corrected chi connectivity index (χ2v) is 37.7. The van der Waals surface area contributed by atoms with E-state index in [1.54, 1.807) is 103 Å². The monoisotopic (exact) mass is 1980 g/mol. The second-order valence-electron chi connectivity index (χ2n) is 37.7. The van der Waals surface area contributed by atoms with Gasteiger partial charge in [0.1, 0.15) is 63.2 Å². The molecule has 0 aliphatic carbocycles. The van der Waals surface area contributed by atoms with Gasteiger partial charge in [-0.3, -0.25) is 0 Å². The van der Waals surface area contributed by atoms with E-state index in [2.05, 4.69) is 208 Å². The van der Waals surface area contributed by atoms with E-state index in [9.17, 15) is 35.7 Å². The van der Waals surface area contributed by atoms with E-state index in [1.165, 1.54) is 51.4 Å². The van der Waals surface area contributed by atoms with Gasteiger partial charge in [-0.05, 0) is 259 Å². The van der Waals surface area contributed by atoms with Gasteiger partial charge in [-0.2, -0.15) is 0 Å².